The van der Waals surface area contributed by atoms with Crippen LogP contribution in [0.5, 0.6) is 11.5 Å². The van der Waals surface area contributed by atoms with E-state index in [0.29, 0.717) is 12.8 Å². The molecule has 2 aromatic rings. The third-order valence-corrected chi connectivity index (χ3v) is 3.96. The maximum Gasteiger partial charge on any atom is 0.300 e. The number of carboxylic acids is 1. The first-order chi connectivity index (χ1) is 15.0. The number of hydrogen-bond acceptors (Lipinski definition) is 3. The normalized spacial score (nSPS) is 8.94. The van der Waals surface area contributed by atoms with Crippen LogP contribution in [0, 0.1) is 24.7 Å². The summed E-state index contributed by atoms with van der Waals surface area (Å²) in [5, 5.41) is 7.42. The Balaban J connectivity index is 0.000000753. The number of rotatable bonds is 9. The van der Waals surface area contributed by atoms with Crippen LogP contribution in [-0.2, 0) is 4.79 Å². The highest BCUT2D eigenvalue weighted by Gasteiger charge is 2.00. The van der Waals surface area contributed by atoms with Gasteiger partial charge in [0.1, 0.15) is 11.5 Å². The summed E-state index contributed by atoms with van der Waals surface area (Å²) in [5.74, 6) is 5.85. The molecule has 0 fully saturated rings. The van der Waals surface area contributed by atoms with Crippen LogP contribution in [0.25, 0.3) is 11.1 Å². The van der Waals surface area contributed by atoms with E-state index in [1.807, 2.05) is 24.3 Å². The number of methoxy groups -OCH3 is 1. The van der Waals surface area contributed by atoms with Crippen LogP contribution in [0.3, 0.4) is 0 Å². The number of unbranched alkanes of at least 4 members (excludes halogenated alkanes) is 4. The van der Waals surface area contributed by atoms with Crippen molar-refractivity contribution in [3.8, 4) is 47.3 Å². The predicted molar refractivity (Wildman–Crippen MR) is 128 cm³/mol. The van der Waals surface area contributed by atoms with E-state index in [1.165, 1.54) is 30.4 Å². The van der Waals surface area contributed by atoms with Gasteiger partial charge in [0.15, 0.2) is 0 Å². The number of hydrogen-bond donors (Lipinski definition) is 1. The van der Waals surface area contributed by atoms with Crippen molar-refractivity contribution in [2.75, 3.05) is 13.7 Å². The lowest BCUT2D eigenvalue weighted by Gasteiger charge is -2.08. The maximum absolute atomic E-state index is 9.00. The zero-order valence-electron chi connectivity index (χ0n) is 18.9. The van der Waals surface area contributed by atoms with Gasteiger partial charge < -0.3 is 14.6 Å². The molecule has 0 aliphatic carbocycles. The van der Waals surface area contributed by atoms with Gasteiger partial charge in [0.05, 0.1) is 13.7 Å². The van der Waals surface area contributed by atoms with Crippen molar-refractivity contribution in [2.45, 2.75) is 52.4 Å². The summed E-state index contributed by atoms with van der Waals surface area (Å²) in [5.41, 5.74) is 2.38. The average molecular weight is 423 g/mol. The van der Waals surface area contributed by atoms with Gasteiger partial charge in [-0.3, -0.25) is 4.79 Å². The molecule has 0 atom stereocenters. The molecule has 0 aliphatic heterocycles. The van der Waals surface area contributed by atoms with Crippen LogP contribution >= 0.6 is 0 Å². The van der Waals surface area contributed by atoms with Gasteiger partial charge in [-0.1, -0.05) is 50.5 Å². The molecule has 1 N–H and O–H groups in total. The Morgan fingerprint density at radius 1 is 0.871 bits per heavy atom. The van der Waals surface area contributed by atoms with Gasteiger partial charge in [0.2, 0.25) is 0 Å². The first-order valence-electron chi connectivity index (χ1n) is 10.4. The fourth-order valence-electron chi connectivity index (χ4n) is 2.39. The lowest BCUT2D eigenvalue weighted by Crippen LogP contribution is -1.96. The molecule has 0 radical (unpaired) electrons. The molecule has 0 bridgehead atoms. The lowest BCUT2D eigenvalue weighted by molar-refractivity contribution is -0.134. The molecule has 0 amide bonds. The maximum atomic E-state index is 9.00. The Bertz CT molecular complexity index is 775. The van der Waals surface area contributed by atoms with Crippen molar-refractivity contribution >= 4 is 5.97 Å². The monoisotopic (exact) mass is 422 g/mol. The minimum absolute atomic E-state index is 0.705. The minimum Gasteiger partial charge on any atom is -0.497 e. The van der Waals surface area contributed by atoms with E-state index in [1.54, 1.807) is 7.11 Å². The third-order valence-electron chi connectivity index (χ3n) is 3.96. The van der Waals surface area contributed by atoms with E-state index >= 15 is 0 Å². The van der Waals surface area contributed by atoms with Gasteiger partial charge >= 0.3 is 0 Å². The van der Waals surface area contributed by atoms with Crippen LogP contribution in [0.15, 0.2) is 48.5 Å². The molecule has 0 aromatic heterocycles. The Morgan fingerprint density at radius 3 is 1.71 bits per heavy atom. The highest BCUT2D eigenvalue weighted by atomic mass is 16.5. The van der Waals surface area contributed by atoms with Gasteiger partial charge in [-0.05, 0) is 41.8 Å². The summed E-state index contributed by atoms with van der Waals surface area (Å²) in [6.45, 7) is 4.11. The van der Waals surface area contributed by atoms with E-state index in [4.69, 9.17) is 32.2 Å². The second kappa shape index (κ2) is 18.6. The molecule has 0 spiro atoms. The van der Waals surface area contributed by atoms with Crippen molar-refractivity contribution in [2.24, 2.45) is 0 Å². The quantitative estimate of drug-likeness (QED) is 0.373. The van der Waals surface area contributed by atoms with Crippen LogP contribution < -0.4 is 9.47 Å². The minimum atomic E-state index is -0.833. The SMILES string of the molecule is C#CCCC#C.CC(=O)O.CCCCCCOc1ccc(-c2ccc(OC)cc2)cc1. The van der Waals surface area contributed by atoms with Crippen LogP contribution in [-0.4, -0.2) is 24.8 Å². The molecule has 4 heteroatoms. The van der Waals surface area contributed by atoms with Crippen LogP contribution in [0.1, 0.15) is 52.4 Å². The zero-order chi connectivity index (χ0) is 23.3. The highest BCUT2D eigenvalue weighted by molar-refractivity contribution is 5.65. The highest BCUT2D eigenvalue weighted by Crippen LogP contribution is 2.24. The lowest BCUT2D eigenvalue weighted by atomic mass is 10.1. The summed E-state index contributed by atoms with van der Waals surface area (Å²) in [6, 6.07) is 16.4. The van der Waals surface area contributed by atoms with Gasteiger partial charge in [0.25, 0.3) is 5.97 Å². The van der Waals surface area contributed by atoms with E-state index in [9.17, 15) is 0 Å². The standard InChI is InChI=1S/C19H24O2.C6H6.C2H4O2/c1-3-4-5-6-15-21-19-13-9-17(10-14-19)16-7-11-18(20-2)12-8-16;1-3-5-6-4-2;1-2(3)4/h7-14H,3-6,15H2,1-2H3;1-2H,5-6H2;1H3,(H,3,4). The molecule has 0 aliphatic rings. The van der Waals surface area contributed by atoms with Crippen LogP contribution in [0.2, 0.25) is 0 Å². The molecule has 0 heterocycles. The number of ether oxygens (including phenoxy) is 2. The summed E-state index contributed by atoms with van der Waals surface area (Å²) in [6.07, 6.45) is 16.1. The molecule has 2 rings (SSSR count). The molecule has 4 nitrogen and oxygen atoms in total. The Hall–Kier alpha value is -3.37. The van der Waals surface area contributed by atoms with Crippen LogP contribution in [0.4, 0.5) is 0 Å². The van der Waals surface area contributed by atoms with Crippen molar-refractivity contribution < 1.29 is 19.4 Å². The molecule has 166 valence electrons. The Labute approximate surface area is 187 Å². The average Bonchev–Trinajstić information content (AvgIpc) is 2.78. The fraction of sp³-hybridized carbons (Fsp3) is 0.370. The number of terminal acetylenes is 2. The Kier molecular flexibility index (Phi) is 16.6. The molecule has 0 saturated heterocycles. The summed E-state index contributed by atoms with van der Waals surface area (Å²) >= 11 is 0. The van der Waals surface area contributed by atoms with E-state index < -0.39 is 5.97 Å². The van der Waals surface area contributed by atoms with Crippen molar-refractivity contribution in [1.29, 1.82) is 0 Å². The summed E-state index contributed by atoms with van der Waals surface area (Å²) in [4.78, 5) is 9.00. The number of carbonyl (C=O) groups is 1. The zero-order valence-corrected chi connectivity index (χ0v) is 18.9. The smallest absolute Gasteiger partial charge is 0.300 e. The van der Waals surface area contributed by atoms with E-state index in [2.05, 4.69) is 43.0 Å². The summed E-state index contributed by atoms with van der Waals surface area (Å²) in [7, 11) is 1.68. The predicted octanol–water partition coefficient (Wildman–Crippen LogP) is 6.45. The van der Waals surface area contributed by atoms with Crippen molar-refractivity contribution in [1.82, 2.24) is 0 Å². The molecular formula is C27H34O4. The fourth-order valence-corrected chi connectivity index (χ4v) is 2.39. The first-order valence-corrected chi connectivity index (χ1v) is 10.4. The second-order valence-corrected chi connectivity index (χ2v) is 6.59. The van der Waals surface area contributed by atoms with Gasteiger partial charge in [-0.2, -0.15) is 0 Å². The third kappa shape index (κ3) is 15.2. The molecule has 0 saturated carbocycles. The molecule has 2 aromatic carbocycles. The van der Waals surface area contributed by atoms with E-state index in [-0.39, 0.29) is 0 Å². The topological polar surface area (TPSA) is 55.8 Å². The molecule has 31 heavy (non-hydrogen) atoms. The number of benzene rings is 2. The van der Waals surface area contributed by atoms with Gasteiger partial charge in [0, 0.05) is 19.8 Å². The first kappa shape index (κ1) is 27.6. The van der Waals surface area contributed by atoms with Gasteiger partial charge in [-0.25, -0.2) is 0 Å². The largest absolute Gasteiger partial charge is 0.497 e. The number of aliphatic carboxylic acids is 1. The van der Waals surface area contributed by atoms with E-state index in [0.717, 1.165) is 31.5 Å². The van der Waals surface area contributed by atoms with Crippen molar-refractivity contribution in [3.05, 3.63) is 48.5 Å². The molecule has 0 unspecified atom stereocenters. The second-order valence-electron chi connectivity index (χ2n) is 6.59. The summed E-state index contributed by atoms with van der Waals surface area (Å²) < 4.78 is 10.9. The van der Waals surface area contributed by atoms with Gasteiger partial charge in [-0.15, -0.1) is 24.7 Å². The molecular weight excluding hydrogens is 388 g/mol. The Morgan fingerprint density at radius 2 is 1.32 bits per heavy atom. The van der Waals surface area contributed by atoms with Crippen molar-refractivity contribution in [3.63, 3.8) is 0 Å². The number of carboxylic acid groups (broad SMARTS) is 1.